The van der Waals surface area contributed by atoms with Crippen LogP contribution in [0, 0.1) is 0 Å². The zero-order valence-corrected chi connectivity index (χ0v) is 10.2. The van der Waals surface area contributed by atoms with E-state index in [2.05, 4.69) is 20.7 Å². The Hall–Kier alpha value is -0.460. The summed E-state index contributed by atoms with van der Waals surface area (Å²) < 4.78 is 13.7. The first-order valence-corrected chi connectivity index (χ1v) is 5.40. The van der Waals surface area contributed by atoms with Crippen LogP contribution in [0.4, 0.5) is 0 Å². The van der Waals surface area contributed by atoms with Crippen molar-refractivity contribution in [2.75, 3.05) is 20.3 Å². The average Bonchev–Trinajstić information content (AvgIpc) is 2.60. The van der Waals surface area contributed by atoms with E-state index in [-0.39, 0.29) is 6.61 Å². The second kappa shape index (κ2) is 5.05. The number of hydrogen-bond acceptors (Lipinski definition) is 5. The lowest BCUT2D eigenvalue weighted by Gasteiger charge is -2.23. The SMILES string of the molecule is CCOC(=O)C(=O)[C@]1(Br)CCO[C@H]1OC. The number of carbonyl (C=O) groups excluding carboxylic acids is 2. The van der Waals surface area contributed by atoms with Gasteiger partial charge in [-0.2, -0.15) is 0 Å². The molecule has 0 aromatic heterocycles. The Morgan fingerprint density at radius 2 is 2.27 bits per heavy atom. The van der Waals surface area contributed by atoms with E-state index in [4.69, 9.17) is 9.47 Å². The molecule has 1 rings (SSSR count). The molecule has 1 heterocycles. The minimum absolute atomic E-state index is 0.173. The third-order valence-corrected chi connectivity index (χ3v) is 3.29. The monoisotopic (exact) mass is 280 g/mol. The number of Topliss-reactive ketones (excluding diaryl/α,β-unsaturated/α-hetero) is 1. The van der Waals surface area contributed by atoms with Gasteiger partial charge in [-0.05, 0) is 13.3 Å². The Kier molecular flexibility index (Phi) is 4.24. The molecule has 6 heteroatoms. The summed E-state index contributed by atoms with van der Waals surface area (Å²) in [6, 6.07) is 0. The molecule has 0 unspecified atom stereocenters. The zero-order chi connectivity index (χ0) is 11.5. The summed E-state index contributed by atoms with van der Waals surface area (Å²) in [6.07, 6.45) is -0.349. The Morgan fingerprint density at radius 1 is 1.60 bits per heavy atom. The van der Waals surface area contributed by atoms with Crippen molar-refractivity contribution in [2.24, 2.45) is 0 Å². The van der Waals surface area contributed by atoms with Crippen molar-refractivity contribution >= 4 is 27.7 Å². The number of methoxy groups -OCH3 is 1. The predicted molar refractivity (Wildman–Crippen MR) is 54.7 cm³/mol. The molecule has 0 radical (unpaired) electrons. The van der Waals surface area contributed by atoms with Gasteiger partial charge in [0.05, 0.1) is 13.2 Å². The topological polar surface area (TPSA) is 61.8 Å². The van der Waals surface area contributed by atoms with Crippen molar-refractivity contribution in [1.82, 2.24) is 0 Å². The van der Waals surface area contributed by atoms with Crippen LogP contribution in [0.3, 0.4) is 0 Å². The summed E-state index contributed by atoms with van der Waals surface area (Å²) in [6.45, 7) is 2.19. The second-order valence-electron chi connectivity index (χ2n) is 3.10. The maximum Gasteiger partial charge on any atom is 0.376 e. The molecule has 5 nitrogen and oxygen atoms in total. The van der Waals surface area contributed by atoms with Gasteiger partial charge in [0.1, 0.15) is 4.32 Å². The van der Waals surface area contributed by atoms with Crippen molar-refractivity contribution in [3.8, 4) is 0 Å². The zero-order valence-electron chi connectivity index (χ0n) is 8.62. The van der Waals surface area contributed by atoms with Gasteiger partial charge in [-0.25, -0.2) is 4.79 Å². The number of esters is 1. The summed E-state index contributed by atoms with van der Waals surface area (Å²) in [5.41, 5.74) is 0. The number of carbonyl (C=O) groups is 2. The van der Waals surface area contributed by atoms with Crippen molar-refractivity contribution in [3.63, 3.8) is 0 Å². The molecule has 0 aliphatic carbocycles. The summed E-state index contributed by atoms with van der Waals surface area (Å²) in [4.78, 5) is 23.0. The molecule has 0 bridgehead atoms. The van der Waals surface area contributed by atoms with Crippen molar-refractivity contribution < 1.29 is 23.8 Å². The van der Waals surface area contributed by atoms with Crippen LogP contribution in [-0.2, 0) is 23.8 Å². The highest BCUT2D eigenvalue weighted by Gasteiger charge is 2.52. The molecule has 86 valence electrons. The maximum atomic E-state index is 11.7. The second-order valence-corrected chi connectivity index (χ2v) is 4.52. The van der Waals surface area contributed by atoms with Gasteiger partial charge < -0.3 is 14.2 Å². The lowest BCUT2D eigenvalue weighted by Crippen LogP contribution is -2.45. The number of ether oxygens (including phenoxy) is 3. The van der Waals surface area contributed by atoms with E-state index < -0.39 is 22.4 Å². The van der Waals surface area contributed by atoms with E-state index in [0.29, 0.717) is 13.0 Å². The van der Waals surface area contributed by atoms with Crippen LogP contribution in [0.25, 0.3) is 0 Å². The molecule has 0 amide bonds. The third kappa shape index (κ3) is 2.38. The highest BCUT2D eigenvalue weighted by atomic mass is 79.9. The smallest absolute Gasteiger partial charge is 0.376 e. The molecule has 0 N–H and O–H groups in total. The van der Waals surface area contributed by atoms with E-state index in [1.807, 2.05) is 0 Å². The third-order valence-electron chi connectivity index (χ3n) is 2.16. The van der Waals surface area contributed by atoms with Gasteiger partial charge in [-0.1, -0.05) is 15.9 Å². The highest BCUT2D eigenvalue weighted by Crippen LogP contribution is 2.36. The average molecular weight is 281 g/mol. The molecule has 0 aromatic carbocycles. The van der Waals surface area contributed by atoms with Crippen LogP contribution in [0.1, 0.15) is 13.3 Å². The molecule has 0 spiro atoms. The fraction of sp³-hybridized carbons (Fsp3) is 0.778. The lowest BCUT2D eigenvalue weighted by atomic mass is 10.0. The fourth-order valence-corrected chi connectivity index (χ4v) is 2.05. The van der Waals surface area contributed by atoms with Crippen LogP contribution in [-0.4, -0.2) is 42.7 Å². The van der Waals surface area contributed by atoms with E-state index in [1.54, 1.807) is 6.92 Å². The van der Waals surface area contributed by atoms with Crippen molar-refractivity contribution in [1.29, 1.82) is 0 Å². The summed E-state index contributed by atoms with van der Waals surface area (Å²) in [5.74, 6) is -1.52. The van der Waals surface area contributed by atoms with Gasteiger partial charge in [-0.3, -0.25) is 4.79 Å². The Morgan fingerprint density at radius 3 is 2.80 bits per heavy atom. The molecular weight excluding hydrogens is 268 g/mol. The number of alkyl halides is 1. The predicted octanol–water partition coefficient (Wildman–Crippen LogP) is 0.645. The summed E-state index contributed by atoms with van der Waals surface area (Å²) in [5, 5.41) is 0. The van der Waals surface area contributed by atoms with Crippen LogP contribution in [0.2, 0.25) is 0 Å². The molecule has 1 saturated heterocycles. The quantitative estimate of drug-likeness (QED) is 0.430. The fourth-order valence-electron chi connectivity index (χ4n) is 1.41. The van der Waals surface area contributed by atoms with Gasteiger partial charge in [-0.15, -0.1) is 0 Å². The Balaban J connectivity index is 2.76. The Bertz CT molecular complexity index is 267. The molecule has 0 aromatic rings. The molecule has 15 heavy (non-hydrogen) atoms. The first-order chi connectivity index (χ1) is 7.06. The van der Waals surface area contributed by atoms with Crippen LogP contribution in [0.5, 0.6) is 0 Å². The summed E-state index contributed by atoms with van der Waals surface area (Å²) in [7, 11) is 1.42. The largest absolute Gasteiger partial charge is 0.460 e. The number of ketones is 1. The number of hydrogen-bond donors (Lipinski definition) is 0. The number of halogens is 1. The number of rotatable bonds is 4. The molecule has 1 aliphatic heterocycles. The van der Waals surface area contributed by atoms with Gasteiger partial charge in [0, 0.05) is 7.11 Å². The van der Waals surface area contributed by atoms with E-state index in [9.17, 15) is 9.59 Å². The van der Waals surface area contributed by atoms with Crippen LogP contribution >= 0.6 is 15.9 Å². The van der Waals surface area contributed by atoms with E-state index in [0.717, 1.165) is 0 Å². The minimum atomic E-state index is -1.10. The van der Waals surface area contributed by atoms with Crippen LogP contribution in [0.15, 0.2) is 0 Å². The maximum absolute atomic E-state index is 11.7. The molecule has 1 aliphatic rings. The lowest BCUT2D eigenvalue weighted by molar-refractivity contribution is -0.159. The molecule has 2 atom stereocenters. The molecular formula is C9H13BrO5. The van der Waals surface area contributed by atoms with Crippen molar-refractivity contribution in [3.05, 3.63) is 0 Å². The van der Waals surface area contributed by atoms with Crippen LogP contribution < -0.4 is 0 Å². The van der Waals surface area contributed by atoms with Gasteiger partial charge in [0.2, 0.25) is 0 Å². The standard InChI is InChI=1S/C9H13BrO5/c1-3-14-7(12)6(11)9(10)4-5-15-8(9)13-2/h8H,3-5H2,1-2H3/t8-,9-/m1/s1. The molecule has 1 fully saturated rings. The summed E-state index contributed by atoms with van der Waals surface area (Å²) >= 11 is 3.21. The first kappa shape index (κ1) is 12.6. The first-order valence-electron chi connectivity index (χ1n) is 4.61. The normalized spacial score (nSPS) is 30.2. The van der Waals surface area contributed by atoms with E-state index in [1.165, 1.54) is 7.11 Å². The van der Waals surface area contributed by atoms with Gasteiger partial charge in [0.25, 0.3) is 5.78 Å². The van der Waals surface area contributed by atoms with Gasteiger partial charge in [0.15, 0.2) is 6.29 Å². The Labute approximate surface area is 96.2 Å². The highest BCUT2D eigenvalue weighted by molar-refractivity contribution is 9.10. The van der Waals surface area contributed by atoms with E-state index >= 15 is 0 Å². The molecule has 0 saturated carbocycles. The van der Waals surface area contributed by atoms with Gasteiger partial charge >= 0.3 is 5.97 Å². The minimum Gasteiger partial charge on any atom is -0.460 e. The van der Waals surface area contributed by atoms with Crippen molar-refractivity contribution in [2.45, 2.75) is 24.0 Å².